The van der Waals surface area contributed by atoms with Gasteiger partial charge in [0.2, 0.25) is 0 Å². The molecule has 2 unspecified atom stereocenters. The van der Waals surface area contributed by atoms with Gasteiger partial charge >= 0.3 is 6.09 Å². The summed E-state index contributed by atoms with van der Waals surface area (Å²) in [4.78, 5) is 15.2. The summed E-state index contributed by atoms with van der Waals surface area (Å²) in [6.07, 6.45) is -0.827. The summed E-state index contributed by atoms with van der Waals surface area (Å²) < 4.78 is 17.5. The van der Waals surface area contributed by atoms with Gasteiger partial charge in [0.25, 0.3) is 0 Å². The van der Waals surface area contributed by atoms with Crippen molar-refractivity contribution in [3.8, 4) is 11.8 Å². The molecule has 0 radical (unpaired) electrons. The van der Waals surface area contributed by atoms with Crippen LogP contribution in [0.3, 0.4) is 0 Å². The molecule has 2 aliphatic heterocycles. The lowest BCUT2D eigenvalue weighted by molar-refractivity contribution is -0.144. The topological polar surface area (TPSA) is 107 Å². The molecule has 1 aromatic rings. The van der Waals surface area contributed by atoms with Crippen molar-refractivity contribution in [2.75, 3.05) is 59.5 Å². The van der Waals surface area contributed by atoms with Crippen molar-refractivity contribution in [1.29, 1.82) is 5.26 Å². The quantitative estimate of drug-likeness (QED) is 0.616. The van der Waals surface area contributed by atoms with Gasteiger partial charge in [-0.05, 0) is 24.3 Å². The fraction of sp³-hybridized carbons (Fsp3) is 0.600. The second-order valence-electron chi connectivity index (χ2n) is 7.40. The molecule has 2 heterocycles. The number of nitrogens with zero attached hydrogens (tertiary/aromatic N) is 3. The number of amides is 1. The minimum Gasteiger partial charge on any atom is -0.491 e. The molecule has 29 heavy (non-hydrogen) atoms. The lowest BCUT2D eigenvalue weighted by Crippen LogP contribution is -2.61. The number of hydrogen-bond acceptors (Lipinski definition) is 7. The molecule has 2 fully saturated rings. The van der Waals surface area contributed by atoms with Gasteiger partial charge in [-0.3, -0.25) is 9.80 Å². The van der Waals surface area contributed by atoms with Gasteiger partial charge in [0.05, 0.1) is 23.8 Å². The SMILES string of the molecule is CO[C@H](COc1ccc(C#N)cc1)CN1CC2CN(CCNC(=O)O)CC(C1)O2. The van der Waals surface area contributed by atoms with Crippen LogP contribution in [0.2, 0.25) is 0 Å². The molecule has 0 saturated carbocycles. The fourth-order valence-electron chi connectivity index (χ4n) is 3.81. The number of carboxylic acid groups (broad SMARTS) is 1. The van der Waals surface area contributed by atoms with Gasteiger partial charge in [-0.1, -0.05) is 0 Å². The summed E-state index contributed by atoms with van der Waals surface area (Å²) in [6.45, 7) is 5.54. The predicted octanol–water partition coefficient (Wildman–Crippen LogP) is 0.605. The van der Waals surface area contributed by atoms with Gasteiger partial charge in [-0.25, -0.2) is 4.79 Å². The summed E-state index contributed by atoms with van der Waals surface area (Å²) in [6, 6.07) is 9.14. The highest BCUT2D eigenvalue weighted by Gasteiger charge is 2.35. The van der Waals surface area contributed by atoms with Crippen LogP contribution in [0.25, 0.3) is 0 Å². The molecule has 0 spiro atoms. The van der Waals surface area contributed by atoms with Crippen molar-refractivity contribution in [3.63, 3.8) is 0 Å². The van der Waals surface area contributed by atoms with Gasteiger partial charge in [0.15, 0.2) is 0 Å². The Balaban J connectivity index is 1.43. The number of benzene rings is 1. The van der Waals surface area contributed by atoms with E-state index >= 15 is 0 Å². The van der Waals surface area contributed by atoms with Gasteiger partial charge in [0, 0.05) is 52.9 Å². The number of morpholine rings is 2. The number of carbonyl (C=O) groups is 1. The van der Waals surface area contributed by atoms with Crippen molar-refractivity contribution in [3.05, 3.63) is 29.8 Å². The Morgan fingerprint density at radius 1 is 1.28 bits per heavy atom. The summed E-state index contributed by atoms with van der Waals surface area (Å²) >= 11 is 0. The van der Waals surface area contributed by atoms with E-state index in [2.05, 4.69) is 21.2 Å². The average Bonchev–Trinajstić information content (AvgIpc) is 2.70. The highest BCUT2D eigenvalue weighted by Crippen LogP contribution is 2.20. The molecular weight excluding hydrogens is 376 g/mol. The van der Waals surface area contributed by atoms with Crippen molar-refractivity contribution in [2.24, 2.45) is 0 Å². The number of rotatable bonds is 9. The Kier molecular flexibility index (Phi) is 7.66. The second-order valence-corrected chi connectivity index (χ2v) is 7.40. The number of hydrogen-bond donors (Lipinski definition) is 2. The van der Waals surface area contributed by atoms with Crippen LogP contribution in [0, 0.1) is 11.3 Å². The smallest absolute Gasteiger partial charge is 0.404 e. The summed E-state index contributed by atoms with van der Waals surface area (Å²) in [5.41, 5.74) is 0.605. The van der Waals surface area contributed by atoms with Gasteiger partial charge in [-0.15, -0.1) is 0 Å². The van der Waals surface area contributed by atoms with E-state index in [0.29, 0.717) is 25.3 Å². The van der Waals surface area contributed by atoms with Crippen molar-refractivity contribution in [2.45, 2.75) is 18.3 Å². The summed E-state index contributed by atoms with van der Waals surface area (Å²) in [5, 5.41) is 20.0. The molecule has 3 atom stereocenters. The fourth-order valence-corrected chi connectivity index (χ4v) is 3.81. The molecule has 9 heteroatoms. The highest BCUT2D eigenvalue weighted by atomic mass is 16.5. The molecule has 2 aliphatic rings. The highest BCUT2D eigenvalue weighted by molar-refractivity contribution is 5.64. The zero-order valence-corrected chi connectivity index (χ0v) is 16.6. The van der Waals surface area contributed by atoms with Crippen molar-refractivity contribution >= 4 is 6.09 Å². The van der Waals surface area contributed by atoms with Crippen molar-refractivity contribution in [1.82, 2.24) is 15.1 Å². The number of nitrogens with one attached hydrogen (secondary N) is 1. The maximum Gasteiger partial charge on any atom is 0.404 e. The Morgan fingerprint density at radius 3 is 2.52 bits per heavy atom. The monoisotopic (exact) mass is 404 g/mol. The van der Waals surface area contributed by atoms with Gasteiger partial charge in [0.1, 0.15) is 18.5 Å². The van der Waals surface area contributed by atoms with Crippen LogP contribution in [0.4, 0.5) is 4.79 Å². The summed E-state index contributed by atoms with van der Waals surface area (Å²) in [7, 11) is 1.69. The van der Waals surface area contributed by atoms with Crippen LogP contribution in [0.1, 0.15) is 5.56 Å². The third-order valence-corrected chi connectivity index (χ3v) is 5.15. The molecular formula is C20H28N4O5. The number of methoxy groups -OCH3 is 1. The summed E-state index contributed by atoms with van der Waals surface area (Å²) in [5.74, 6) is 0.718. The largest absolute Gasteiger partial charge is 0.491 e. The van der Waals surface area contributed by atoms with Gasteiger partial charge < -0.3 is 24.6 Å². The van der Waals surface area contributed by atoms with Crippen LogP contribution in [-0.2, 0) is 9.47 Å². The minimum atomic E-state index is -0.988. The van der Waals surface area contributed by atoms with E-state index in [9.17, 15) is 4.79 Å². The standard InChI is InChI=1S/C20H28N4O5/c1-27-19(14-28-16-4-2-15(8-21)3-5-16)13-24-11-17-9-23(7-6-22-20(25)26)10-18(12-24)29-17/h2-5,17-19,22H,6-7,9-14H2,1H3,(H,25,26)/t17?,18?,19-/m0/s1. The molecule has 2 saturated heterocycles. The second kappa shape index (κ2) is 10.4. The Hall–Kier alpha value is -2.38. The normalized spacial score (nSPS) is 23.2. The zero-order valence-electron chi connectivity index (χ0n) is 16.6. The lowest BCUT2D eigenvalue weighted by Gasteiger charge is -2.46. The maximum absolute atomic E-state index is 10.6. The first kappa shape index (κ1) is 21.3. The minimum absolute atomic E-state index is 0.0691. The van der Waals surface area contributed by atoms with E-state index < -0.39 is 6.09 Å². The van der Waals surface area contributed by atoms with E-state index in [1.165, 1.54) is 0 Å². The van der Waals surface area contributed by atoms with E-state index in [4.69, 9.17) is 24.6 Å². The first-order chi connectivity index (χ1) is 14.1. The molecule has 2 N–H and O–H groups in total. The van der Waals surface area contributed by atoms with Crippen molar-refractivity contribution < 1.29 is 24.1 Å². The van der Waals surface area contributed by atoms with E-state index in [1.807, 2.05) is 0 Å². The van der Waals surface area contributed by atoms with E-state index in [1.54, 1.807) is 31.4 Å². The van der Waals surface area contributed by atoms with Gasteiger partial charge in [-0.2, -0.15) is 5.26 Å². The third-order valence-electron chi connectivity index (χ3n) is 5.15. The van der Waals surface area contributed by atoms with Crippen LogP contribution < -0.4 is 10.1 Å². The molecule has 158 valence electrons. The molecule has 1 aromatic carbocycles. The van der Waals surface area contributed by atoms with Crippen LogP contribution >= 0.6 is 0 Å². The number of fused-ring (bicyclic) bond motifs is 2. The number of nitriles is 1. The average molecular weight is 404 g/mol. The van der Waals surface area contributed by atoms with Crippen LogP contribution in [0.5, 0.6) is 5.75 Å². The first-order valence-electron chi connectivity index (χ1n) is 9.78. The Bertz CT molecular complexity index is 694. The Labute approximate surface area is 170 Å². The van der Waals surface area contributed by atoms with E-state index in [0.717, 1.165) is 38.5 Å². The number of ether oxygens (including phenoxy) is 3. The molecule has 3 rings (SSSR count). The first-order valence-corrected chi connectivity index (χ1v) is 9.78. The molecule has 0 aliphatic carbocycles. The van der Waals surface area contributed by atoms with Crippen LogP contribution in [-0.4, -0.2) is 98.8 Å². The molecule has 1 amide bonds. The van der Waals surface area contributed by atoms with Crippen LogP contribution in [0.15, 0.2) is 24.3 Å². The maximum atomic E-state index is 10.6. The van der Waals surface area contributed by atoms with E-state index in [-0.39, 0.29) is 18.3 Å². The molecule has 2 bridgehead atoms. The Morgan fingerprint density at radius 2 is 1.93 bits per heavy atom. The lowest BCUT2D eigenvalue weighted by atomic mass is 10.1. The zero-order chi connectivity index (χ0) is 20.6. The predicted molar refractivity (Wildman–Crippen MR) is 105 cm³/mol. The molecule has 9 nitrogen and oxygen atoms in total. The third kappa shape index (κ3) is 6.58. The molecule has 0 aromatic heterocycles.